The van der Waals surface area contributed by atoms with Crippen molar-refractivity contribution in [3.63, 3.8) is 0 Å². The Bertz CT molecular complexity index is 787. The second kappa shape index (κ2) is 7.24. The maximum atomic E-state index is 13.0. The number of hydrogen-bond acceptors (Lipinski definition) is 6. The number of carboxylic acid groups (broad SMARTS) is 1. The van der Waals surface area contributed by atoms with Gasteiger partial charge < -0.3 is 19.9 Å². The van der Waals surface area contributed by atoms with E-state index in [1.165, 1.54) is 11.3 Å². The lowest BCUT2D eigenvalue weighted by molar-refractivity contribution is -0.147. The highest BCUT2D eigenvalue weighted by molar-refractivity contribution is 7.17. The third-order valence-corrected chi connectivity index (χ3v) is 6.96. The number of ether oxygens (including phenoxy) is 2. The van der Waals surface area contributed by atoms with Gasteiger partial charge in [0.25, 0.3) is 0 Å². The number of hydrogen-bond donors (Lipinski definition) is 2. The fourth-order valence-electron chi connectivity index (χ4n) is 4.59. The van der Waals surface area contributed by atoms with E-state index in [-0.39, 0.29) is 18.6 Å². The molecular formula is C19H23NO6S. The number of carbonyl (C=O) groups excluding carboxylic acids is 2. The van der Waals surface area contributed by atoms with E-state index >= 15 is 0 Å². The van der Waals surface area contributed by atoms with Crippen LogP contribution in [0.1, 0.15) is 53.4 Å². The summed E-state index contributed by atoms with van der Waals surface area (Å²) in [7, 11) is 0. The van der Waals surface area contributed by atoms with E-state index in [4.69, 9.17) is 9.47 Å². The molecule has 1 aliphatic carbocycles. The highest BCUT2D eigenvalue weighted by Gasteiger charge is 2.55. The van der Waals surface area contributed by atoms with Gasteiger partial charge in [-0.25, -0.2) is 4.79 Å². The lowest BCUT2D eigenvalue weighted by Gasteiger charge is -2.23. The zero-order valence-corrected chi connectivity index (χ0v) is 16.0. The van der Waals surface area contributed by atoms with Crippen LogP contribution in [0.3, 0.4) is 0 Å². The summed E-state index contributed by atoms with van der Waals surface area (Å²) in [6.45, 7) is 2.01. The molecule has 7 nitrogen and oxygen atoms in total. The van der Waals surface area contributed by atoms with Crippen LogP contribution in [-0.4, -0.2) is 41.8 Å². The summed E-state index contributed by atoms with van der Waals surface area (Å²) in [5.41, 5.74) is 1.42. The van der Waals surface area contributed by atoms with Crippen molar-refractivity contribution in [3.05, 3.63) is 16.0 Å². The molecule has 0 spiro atoms. The summed E-state index contributed by atoms with van der Waals surface area (Å²) in [4.78, 5) is 38.2. The quantitative estimate of drug-likeness (QED) is 0.746. The monoisotopic (exact) mass is 393 g/mol. The van der Waals surface area contributed by atoms with Gasteiger partial charge in [-0.05, 0) is 51.0 Å². The standard InChI is InChI=1S/C19H23NO6S/c1-2-25-19(24)13-9-5-3-4-6-12(9)27-17(13)20-16(21)14-10-7-8-11(26-10)15(14)18(22)23/h10-11,14-15H,2-8H2,1H3,(H,20,21)(H,22,23)/t10-,11-,14-,15-/m1/s1. The molecule has 3 heterocycles. The van der Waals surface area contributed by atoms with Gasteiger partial charge in [-0.3, -0.25) is 9.59 Å². The lowest BCUT2D eigenvalue weighted by atomic mass is 9.78. The largest absolute Gasteiger partial charge is 0.481 e. The molecule has 2 saturated heterocycles. The first kappa shape index (κ1) is 18.4. The highest BCUT2D eigenvalue weighted by atomic mass is 32.1. The zero-order valence-electron chi connectivity index (χ0n) is 15.2. The molecule has 0 radical (unpaired) electrons. The molecule has 4 rings (SSSR count). The number of amides is 1. The lowest BCUT2D eigenvalue weighted by Crippen LogP contribution is -2.41. The van der Waals surface area contributed by atoms with Crippen LogP contribution in [0.5, 0.6) is 0 Å². The molecule has 2 fully saturated rings. The van der Waals surface area contributed by atoms with E-state index in [2.05, 4.69) is 5.32 Å². The van der Waals surface area contributed by atoms with Gasteiger partial charge in [-0.1, -0.05) is 0 Å². The zero-order chi connectivity index (χ0) is 19.1. The molecule has 1 aromatic rings. The van der Waals surface area contributed by atoms with Crippen molar-refractivity contribution >= 4 is 34.2 Å². The summed E-state index contributed by atoms with van der Waals surface area (Å²) in [6, 6.07) is 0. The Morgan fingerprint density at radius 2 is 1.89 bits per heavy atom. The van der Waals surface area contributed by atoms with Gasteiger partial charge in [0.15, 0.2) is 0 Å². The fraction of sp³-hybridized carbons (Fsp3) is 0.632. The van der Waals surface area contributed by atoms with Crippen molar-refractivity contribution in [2.24, 2.45) is 11.8 Å². The van der Waals surface area contributed by atoms with Crippen LogP contribution in [0.15, 0.2) is 0 Å². The topological polar surface area (TPSA) is 102 Å². The second-order valence-electron chi connectivity index (χ2n) is 7.30. The smallest absolute Gasteiger partial charge is 0.341 e. The van der Waals surface area contributed by atoms with Gasteiger partial charge in [-0.15, -0.1) is 11.3 Å². The van der Waals surface area contributed by atoms with E-state index in [1.54, 1.807) is 6.92 Å². The number of esters is 1. The first-order chi connectivity index (χ1) is 13.0. The molecule has 3 aliphatic rings. The van der Waals surface area contributed by atoms with Gasteiger partial charge in [0.2, 0.25) is 5.91 Å². The van der Waals surface area contributed by atoms with Crippen LogP contribution < -0.4 is 5.32 Å². The molecule has 8 heteroatoms. The van der Waals surface area contributed by atoms with Gasteiger partial charge in [-0.2, -0.15) is 0 Å². The molecule has 1 aromatic heterocycles. The molecule has 2 bridgehead atoms. The molecular weight excluding hydrogens is 370 g/mol. The number of fused-ring (bicyclic) bond motifs is 3. The Morgan fingerprint density at radius 3 is 2.59 bits per heavy atom. The number of anilines is 1. The summed E-state index contributed by atoms with van der Waals surface area (Å²) >= 11 is 1.41. The first-order valence-electron chi connectivity index (χ1n) is 9.52. The molecule has 0 saturated carbocycles. The third kappa shape index (κ3) is 3.14. The van der Waals surface area contributed by atoms with Gasteiger partial charge in [0.05, 0.1) is 36.2 Å². The fourth-order valence-corrected chi connectivity index (χ4v) is 5.87. The molecule has 0 unspecified atom stereocenters. The van der Waals surface area contributed by atoms with Gasteiger partial charge in [0.1, 0.15) is 5.00 Å². The van der Waals surface area contributed by atoms with E-state index in [1.807, 2.05) is 0 Å². The van der Waals surface area contributed by atoms with E-state index in [9.17, 15) is 19.5 Å². The maximum absolute atomic E-state index is 13.0. The Labute approximate surface area is 161 Å². The Kier molecular flexibility index (Phi) is 4.94. The minimum Gasteiger partial charge on any atom is -0.481 e. The molecule has 0 aromatic carbocycles. The Hall–Kier alpha value is -1.93. The Morgan fingerprint density at radius 1 is 1.19 bits per heavy atom. The summed E-state index contributed by atoms with van der Waals surface area (Å²) in [5.74, 6) is -3.36. The third-order valence-electron chi connectivity index (χ3n) is 5.75. The van der Waals surface area contributed by atoms with Crippen molar-refractivity contribution < 1.29 is 29.0 Å². The summed E-state index contributed by atoms with van der Waals surface area (Å²) in [6.07, 6.45) is 4.35. The van der Waals surface area contributed by atoms with Gasteiger partial charge in [0, 0.05) is 4.88 Å². The van der Waals surface area contributed by atoms with Crippen LogP contribution >= 0.6 is 11.3 Å². The molecule has 146 valence electrons. The van der Waals surface area contributed by atoms with Crippen molar-refractivity contribution in [2.75, 3.05) is 11.9 Å². The van der Waals surface area contributed by atoms with Crippen LogP contribution in [0.2, 0.25) is 0 Å². The molecule has 2 aliphatic heterocycles. The SMILES string of the molecule is CCOC(=O)c1c(NC(=O)[C@H]2[C@H](C(=O)O)[C@H]3CC[C@H]2O3)sc2c1CCCC2. The average Bonchev–Trinajstić information content (AvgIpc) is 3.33. The van der Waals surface area contributed by atoms with Crippen LogP contribution in [0.4, 0.5) is 5.00 Å². The molecule has 2 N–H and O–H groups in total. The predicted octanol–water partition coefficient (Wildman–Crippen LogP) is 2.62. The average molecular weight is 393 g/mol. The number of carbonyl (C=O) groups is 3. The number of nitrogens with one attached hydrogen (secondary N) is 1. The highest BCUT2D eigenvalue weighted by Crippen LogP contribution is 2.45. The van der Waals surface area contributed by atoms with Crippen LogP contribution in [0, 0.1) is 11.8 Å². The minimum atomic E-state index is -1.00. The van der Waals surface area contributed by atoms with Crippen LogP contribution in [0.25, 0.3) is 0 Å². The van der Waals surface area contributed by atoms with Crippen molar-refractivity contribution in [1.29, 1.82) is 0 Å². The molecule has 4 atom stereocenters. The van der Waals surface area contributed by atoms with Crippen molar-refractivity contribution in [3.8, 4) is 0 Å². The molecule has 1 amide bonds. The minimum absolute atomic E-state index is 0.262. The van der Waals surface area contributed by atoms with Crippen molar-refractivity contribution in [1.82, 2.24) is 0 Å². The van der Waals surface area contributed by atoms with E-state index in [0.717, 1.165) is 36.1 Å². The van der Waals surface area contributed by atoms with E-state index < -0.39 is 29.9 Å². The maximum Gasteiger partial charge on any atom is 0.341 e. The predicted molar refractivity (Wildman–Crippen MR) is 98.1 cm³/mol. The summed E-state index contributed by atoms with van der Waals surface area (Å²) < 4.78 is 10.9. The summed E-state index contributed by atoms with van der Waals surface area (Å²) in [5, 5.41) is 12.9. The van der Waals surface area contributed by atoms with Gasteiger partial charge >= 0.3 is 11.9 Å². The number of carboxylic acids is 1. The Balaban J connectivity index is 1.62. The van der Waals surface area contributed by atoms with E-state index in [0.29, 0.717) is 23.4 Å². The number of aliphatic carboxylic acids is 1. The van der Waals surface area contributed by atoms with Crippen molar-refractivity contribution in [2.45, 2.75) is 57.7 Å². The number of aryl methyl sites for hydroxylation is 1. The number of thiophene rings is 1. The first-order valence-corrected chi connectivity index (χ1v) is 10.3. The van der Waals surface area contributed by atoms with Crippen LogP contribution in [-0.2, 0) is 31.9 Å². The second-order valence-corrected chi connectivity index (χ2v) is 8.41. The normalized spacial score (nSPS) is 28.6. The number of rotatable bonds is 5. The molecule has 27 heavy (non-hydrogen) atoms.